The third-order valence-corrected chi connectivity index (χ3v) is 1.94. The van der Waals surface area contributed by atoms with Crippen LogP contribution in [0.15, 0.2) is 18.5 Å². The van der Waals surface area contributed by atoms with E-state index in [4.69, 9.17) is 0 Å². The second-order valence-corrected chi connectivity index (χ2v) is 3.23. The number of carbonyl (C=O) groups is 1. The number of aromatic nitrogens is 3. The molecule has 0 atom stereocenters. The summed E-state index contributed by atoms with van der Waals surface area (Å²) >= 11 is 0. The summed E-state index contributed by atoms with van der Waals surface area (Å²) in [7, 11) is 3.42. The smallest absolute Gasteiger partial charge is 0.254 e. The van der Waals surface area contributed by atoms with Crippen molar-refractivity contribution in [3.63, 3.8) is 0 Å². The maximum absolute atomic E-state index is 11.6. The van der Waals surface area contributed by atoms with Crippen LogP contribution in [0.5, 0.6) is 0 Å². The van der Waals surface area contributed by atoms with Crippen LogP contribution in [0.3, 0.4) is 0 Å². The van der Waals surface area contributed by atoms with Crippen LogP contribution in [0.1, 0.15) is 10.4 Å². The highest BCUT2D eigenvalue weighted by atomic mass is 16.2. The summed E-state index contributed by atoms with van der Waals surface area (Å²) in [6.45, 7) is 0. The molecule has 0 bridgehead atoms. The molecule has 0 saturated heterocycles. The summed E-state index contributed by atoms with van der Waals surface area (Å²) in [4.78, 5) is 17.2. The van der Waals surface area contributed by atoms with Crippen LogP contribution in [-0.4, -0.2) is 40.1 Å². The van der Waals surface area contributed by atoms with Gasteiger partial charge in [0.2, 0.25) is 0 Å². The highest BCUT2D eigenvalue weighted by molar-refractivity contribution is 5.96. The average Bonchev–Trinajstić information content (AvgIpc) is 2.62. The van der Waals surface area contributed by atoms with Crippen LogP contribution in [0.2, 0.25) is 0 Å². The molecule has 0 aliphatic carbocycles. The molecule has 0 spiro atoms. The molecule has 1 N–H and O–H groups in total. The summed E-state index contributed by atoms with van der Waals surface area (Å²) in [5, 5.41) is 7.41. The first-order valence-electron chi connectivity index (χ1n) is 4.19. The molecule has 5 nitrogen and oxygen atoms in total. The summed E-state index contributed by atoms with van der Waals surface area (Å²) < 4.78 is 0. The average molecular weight is 190 g/mol. The Hall–Kier alpha value is -1.91. The minimum absolute atomic E-state index is 0.0550. The lowest BCUT2D eigenvalue weighted by atomic mass is 10.2. The van der Waals surface area contributed by atoms with Gasteiger partial charge in [0.25, 0.3) is 5.91 Å². The summed E-state index contributed by atoms with van der Waals surface area (Å²) in [5.74, 6) is -0.0550. The van der Waals surface area contributed by atoms with Gasteiger partial charge in [0.1, 0.15) is 0 Å². The first-order valence-corrected chi connectivity index (χ1v) is 4.19. The summed E-state index contributed by atoms with van der Waals surface area (Å²) in [6, 6.07) is 1.77. The lowest BCUT2D eigenvalue weighted by molar-refractivity contribution is 0.0827. The molecule has 0 saturated carbocycles. The highest BCUT2D eigenvalue weighted by Gasteiger charge is 2.09. The Balaban J connectivity index is 2.48. The van der Waals surface area contributed by atoms with E-state index in [9.17, 15) is 4.79 Å². The van der Waals surface area contributed by atoms with Gasteiger partial charge in [0.05, 0.1) is 11.8 Å². The van der Waals surface area contributed by atoms with E-state index in [-0.39, 0.29) is 5.91 Å². The van der Waals surface area contributed by atoms with Crippen molar-refractivity contribution in [3.8, 4) is 0 Å². The number of rotatable bonds is 1. The Kier molecular flexibility index (Phi) is 1.92. The molecule has 2 rings (SSSR count). The highest BCUT2D eigenvalue weighted by Crippen LogP contribution is 2.10. The van der Waals surface area contributed by atoms with Gasteiger partial charge in [-0.05, 0) is 6.07 Å². The molecule has 0 aliphatic heterocycles. The monoisotopic (exact) mass is 190 g/mol. The van der Waals surface area contributed by atoms with Gasteiger partial charge in [-0.2, -0.15) is 5.10 Å². The fraction of sp³-hybridized carbons (Fsp3) is 0.222. The zero-order chi connectivity index (χ0) is 10.1. The van der Waals surface area contributed by atoms with Crippen LogP contribution in [0.25, 0.3) is 11.0 Å². The summed E-state index contributed by atoms with van der Waals surface area (Å²) in [5.41, 5.74) is 1.27. The molecular formula is C9H10N4O. The maximum Gasteiger partial charge on any atom is 0.254 e. The molecule has 2 aromatic heterocycles. The van der Waals surface area contributed by atoms with Gasteiger partial charge in [-0.1, -0.05) is 0 Å². The largest absolute Gasteiger partial charge is 0.345 e. The van der Waals surface area contributed by atoms with E-state index in [1.165, 1.54) is 4.90 Å². The van der Waals surface area contributed by atoms with Crippen molar-refractivity contribution >= 4 is 16.9 Å². The van der Waals surface area contributed by atoms with E-state index in [0.29, 0.717) is 11.2 Å². The number of nitrogens with zero attached hydrogens (tertiary/aromatic N) is 3. The number of amides is 1. The Morgan fingerprint density at radius 2 is 2.21 bits per heavy atom. The van der Waals surface area contributed by atoms with Gasteiger partial charge in [-0.25, -0.2) is 4.98 Å². The van der Waals surface area contributed by atoms with Gasteiger partial charge >= 0.3 is 0 Å². The van der Waals surface area contributed by atoms with Crippen LogP contribution in [0, 0.1) is 0 Å². The molecule has 0 unspecified atom stereocenters. The van der Waals surface area contributed by atoms with Gasteiger partial charge in [-0.3, -0.25) is 9.89 Å². The van der Waals surface area contributed by atoms with Crippen molar-refractivity contribution in [2.24, 2.45) is 0 Å². The number of fused-ring (bicyclic) bond motifs is 1. The molecule has 2 aromatic rings. The molecule has 0 fully saturated rings. The van der Waals surface area contributed by atoms with Gasteiger partial charge in [0, 0.05) is 25.7 Å². The lowest BCUT2D eigenvalue weighted by Crippen LogP contribution is -2.21. The quantitative estimate of drug-likeness (QED) is 0.718. The van der Waals surface area contributed by atoms with Crippen LogP contribution >= 0.6 is 0 Å². The van der Waals surface area contributed by atoms with Crippen LogP contribution < -0.4 is 0 Å². The minimum Gasteiger partial charge on any atom is -0.345 e. The Bertz CT molecular complexity index is 474. The number of carbonyl (C=O) groups excluding carboxylic acids is 1. The van der Waals surface area contributed by atoms with E-state index >= 15 is 0 Å². The zero-order valence-corrected chi connectivity index (χ0v) is 7.98. The first-order chi connectivity index (χ1) is 6.68. The Morgan fingerprint density at radius 3 is 2.93 bits per heavy atom. The molecule has 1 amide bonds. The molecular weight excluding hydrogens is 180 g/mol. The number of H-pyrrole nitrogens is 1. The van der Waals surface area contributed by atoms with Crippen molar-refractivity contribution < 1.29 is 4.79 Å². The van der Waals surface area contributed by atoms with E-state index < -0.39 is 0 Å². The van der Waals surface area contributed by atoms with E-state index in [1.54, 1.807) is 32.6 Å². The molecule has 0 radical (unpaired) electrons. The fourth-order valence-electron chi connectivity index (χ4n) is 1.21. The van der Waals surface area contributed by atoms with Gasteiger partial charge in [-0.15, -0.1) is 0 Å². The van der Waals surface area contributed by atoms with E-state index in [1.807, 2.05) is 0 Å². The van der Waals surface area contributed by atoms with Crippen molar-refractivity contribution in [1.82, 2.24) is 20.1 Å². The van der Waals surface area contributed by atoms with E-state index in [0.717, 1.165) is 5.39 Å². The Morgan fingerprint density at radius 1 is 1.43 bits per heavy atom. The molecule has 0 aliphatic rings. The van der Waals surface area contributed by atoms with Gasteiger partial charge < -0.3 is 4.90 Å². The number of aromatic amines is 1. The first kappa shape index (κ1) is 8.68. The van der Waals surface area contributed by atoms with Crippen LogP contribution in [-0.2, 0) is 0 Å². The predicted octanol–water partition coefficient (Wildman–Crippen LogP) is 0.660. The van der Waals surface area contributed by atoms with Crippen molar-refractivity contribution in [3.05, 3.63) is 24.0 Å². The minimum atomic E-state index is -0.0550. The number of hydrogen-bond donors (Lipinski definition) is 1. The lowest BCUT2D eigenvalue weighted by Gasteiger charge is -2.09. The second-order valence-electron chi connectivity index (χ2n) is 3.23. The Labute approximate surface area is 80.7 Å². The predicted molar refractivity (Wildman–Crippen MR) is 51.9 cm³/mol. The van der Waals surface area contributed by atoms with Crippen molar-refractivity contribution in [1.29, 1.82) is 0 Å². The third kappa shape index (κ3) is 1.32. The van der Waals surface area contributed by atoms with Crippen molar-refractivity contribution in [2.75, 3.05) is 14.1 Å². The fourth-order valence-corrected chi connectivity index (χ4v) is 1.21. The topological polar surface area (TPSA) is 61.9 Å². The third-order valence-electron chi connectivity index (χ3n) is 1.94. The van der Waals surface area contributed by atoms with Crippen LogP contribution in [0.4, 0.5) is 0 Å². The standard InChI is InChI=1S/C9H10N4O/c1-13(2)9(14)7-3-6-5-11-12-8(6)10-4-7/h3-5H,1-2H3,(H,10,11,12). The number of nitrogens with one attached hydrogen (secondary N) is 1. The molecule has 0 aromatic carbocycles. The van der Waals surface area contributed by atoms with Crippen molar-refractivity contribution in [2.45, 2.75) is 0 Å². The summed E-state index contributed by atoms with van der Waals surface area (Å²) in [6.07, 6.45) is 3.19. The normalized spacial score (nSPS) is 10.4. The van der Waals surface area contributed by atoms with E-state index in [2.05, 4.69) is 15.2 Å². The SMILES string of the molecule is CN(C)C(=O)c1cnc2[nH]ncc2c1. The molecule has 5 heteroatoms. The molecule has 2 heterocycles. The maximum atomic E-state index is 11.6. The van der Waals surface area contributed by atoms with Gasteiger partial charge in [0.15, 0.2) is 5.65 Å². The molecule has 14 heavy (non-hydrogen) atoms. The number of hydrogen-bond acceptors (Lipinski definition) is 3. The number of pyridine rings is 1. The molecule has 72 valence electrons. The zero-order valence-electron chi connectivity index (χ0n) is 7.98. The second kappa shape index (κ2) is 3.10.